The highest BCUT2D eigenvalue weighted by atomic mass is 35.5. The third kappa shape index (κ3) is 5.08. The first-order valence-corrected chi connectivity index (χ1v) is 8.43. The monoisotopic (exact) mass is 344 g/mol. The van der Waals surface area contributed by atoms with Gasteiger partial charge in [-0.1, -0.05) is 48.5 Å². The lowest BCUT2D eigenvalue weighted by Gasteiger charge is -2.12. The molecular weight excluding hydrogens is 320 g/mol. The fraction of sp³-hybridized carbons (Fsp3) is 0.350. The van der Waals surface area contributed by atoms with Crippen LogP contribution in [0, 0.1) is 5.92 Å². The number of hydrogen-bond donors (Lipinski definition) is 2. The minimum Gasteiger partial charge on any atom is -0.352 e. The van der Waals surface area contributed by atoms with Crippen LogP contribution in [0.5, 0.6) is 0 Å². The zero-order valence-electron chi connectivity index (χ0n) is 13.8. The van der Waals surface area contributed by atoms with Gasteiger partial charge in [0.15, 0.2) is 0 Å². The average molecular weight is 345 g/mol. The molecule has 128 valence electrons. The Kier molecular flexibility index (Phi) is 7.29. The zero-order chi connectivity index (χ0) is 15.9. The van der Waals surface area contributed by atoms with Crippen molar-refractivity contribution in [2.45, 2.75) is 19.3 Å². The van der Waals surface area contributed by atoms with Gasteiger partial charge in [-0.3, -0.25) is 4.79 Å². The highest BCUT2D eigenvalue weighted by molar-refractivity contribution is 5.95. The van der Waals surface area contributed by atoms with Gasteiger partial charge >= 0.3 is 0 Å². The Balaban J connectivity index is 0.00000208. The molecule has 2 aromatic carbocycles. The maximum absolute atomic E-state index is 12.5. The summed E-state index contributed by atoms with van der Waals surface area (Å²) in [7, 11) is 0. The van der Waals surface area contributed by atoms with E-state index < -0.39 is 0 Å². The van der Waals surface area contributed by atoms with Gasteiger partial charge in [0, 0.05) is 12.1 Å². The largest absolute Gasteiger partial charge is 0.352 e. The maximum atomic E-state index is 12.5. The van der Waals surface area contributed by atoms with Gasteiger partial charge in [0.2, 0.25) is 0 Å². The van der Waals surface area contributed by atoms with Gasteiger partial charge in [0.05, 0.1) is 0 Å². The molecule has 0 spiro atoms. The first-order chi connectivity index (χ1) is 11.3. The Morgan fingerprint density at radius 2 is 1.83 bits per heavy atom. The molecule has 2 aromatic rings. The fourth-order valence-corrected chi connectivity index (χ4v) is 3.16. The molecule has 1 heterocycles. The van der Waals surface area contributed by atoms with Gasteiger partial charge in [-0.15, -0.1) is 12.4 Å². The molecule has 4 heteroatoms. The zero-order valence-corrected chi connectivity index (χ0v) is 14.6. The van der Waals surface area contributed by atoms with Crippen molar-refractivity contribution in [2.24, 2.45) is 5.92 Å². The number of halogens is 1. The van der Waals surface area contributed by atoms with Crippen molar-refractivity contribution in [3.63, 3.8) is 0 Å². The first-order valence-electron chi connectivity index (χ1n) is 8.43. The molecule has 1 aliphatic rings. The molecule has 1 fully saturated rings. The summed E-state index contributed by atoms with van der Waals surface area (Å²) >= 11 is 0. The van der Waals surface area contributed by atoms with E-state index in [1.165, 1.54) is 12.0 Å². The number of nitrogens with one attached hydrogen (secondary N) is 2. The van der Waals surface area contributed by atoms with Crippen LogP contribution in [-0.2, 0) is 6.42 Å². The van der Waals surface area contributed by atoms with E-state index in [9.17, 15) is 4.79 Å². The van der Waals surface area contributed by atoms with Gasteiger partial charge in [-0.25, -0.2) is 0 Å². The summed E-state index contributed by atoms with van der Waals surface area (Å²) in [4.78, 5) is 12.5. The van der Waals surface area contributed by atoms with Crippen LogP contribution in [0.4, 0.5) is 0 Å². The van der Waals surface area contributed by atoms with Crippen molar-refractivity contribution >= 4 is 18.3 Å². The second-order valence-electron chi connectivity index (χ2n) is 6.22. The van der Waals surface area contributed by atoms with Crippen molar-refractivity contribution in [2.75, 3.05) is 19.6 Å². The average Bonchev–Trinajstić information content (AvgIpc) is 3.09. The number of carbonyl (C=O) groups is 1. The van der Waals surface area contributed by atoms with Gasteiger partial charge in [0.25, 0.3) is 5.91 Å². The maximum Gasteiger partial charge on any atom is 0.251 e. The fourth-order valence-electron chi connectivity index (χ4n) is 3.16. The predicted molar refractivity (Wildman–Crippen MR) is 101 cm³/mol. The van der Waals surface area contributed by atoms with Crippen LogP contribution in [-0.4, -0.2) is 25.5 Å². The minimum absolute atomic E-state index is 0. The van der Waals surface area contributed by atoms with Crippen LogP contribution in [0.2, 0.25) is 0 Å². The second-order valence-corrected chi connectivity index (χ2v) is 6.22. The molecule has 1 unspecified atom stereocenters. The van der Waals surface area contributed by atoms with Crippen LogP contribution in [0.1, 0.15) is 34.3 Å². The highest BCUT2D eigenvalue weighted by Crippen LogP contribution is 2.15. The normalized spacial score (nSPS) is 16.4. The molecule has 3 nitrogen and oxygen atoms in total. The first kappa shape index (κ1) is 18.5. The van der Waals surface area contributed by atoms with Gasteiger partial charge in [-0.05, 0) is 55.5 Å². The number of benzene rings is 2. The van der Waals surface area contributed by atoms with Crippen LogP contribution in [0.3, 0.4) is 0 Å². The molecule has 0 saturated carbocycles. The molecule has 1 atom stereocenters. The van der Waals surface area contributed by atoms with E-state index in [0.29, 0.717) is 5.92 Å². The quantitative estimate of drug-likeness (QED) is 0.843. The lowest BCUT2D eigenvalue weighted by Crippen LogP contribution is -2.27. The number of rotatable bonds is 6. The number of amides is 1. The Morgan fingerprint density at radius 1 is 1.08 bits per heavy atom. The topological polar surface area (TPSA) is 41.1 Å². The number of hydrogen-bond acceptors (Lipinski definition) is 2. The van der Waals surface area contributed by atoms with Crippen LogP contribution < -0.4 is 10.6 Å². The highest BCUT2D eigenvalue weighted by Gasteiger charge is 2.15. The van der Waals surface area contributed by atoms with E-state index in [2.05, 4.69) is 22.8 Å². The summed E-state index contributed by atoms with van der Waals surface area (Å²) in [6.07, 6.45) is 3.07. The summed E-state index contributed by atoms with van der Waals surface area (Å²) in [5.74, 6) is 0.748. The predicted octanol–water partition coefficient (Wildman–Crippen LogP) is 3.43. The van der Waals surface area contributed by atoms with E-state index in [4.69, 9.17) is 0 Å². The number of carbonyl (C=O) groups excluding carboxylic acids is 1. The molecule has 1 saturated heterocycles. The molecule has 0 radical (unpaired) electrons. The van der Waals surface area contributed by atoms with Gasteiger partial charge < -0.3 is 10.6 Å². The lowest BCUT2D eigenvalue weighted by atomic mass is 9.99. The molecule has 2 N–H and O–H groups in total. The van der Waals surface area contributed by atoms with E-state index in [-0.39, 0.29) is 18.3 Å². The minimum atomic E-state index is 0. The summed E-state index contributed by atoms with van der Waals surface area (Å²) in [6.45, 7) is 2.95. The third-order valence-corrected chi connectivity index (χ3v) is 4.50. The Hall–Kier alpha value is -1.84. The standard InChI is InChI=1S/C20H24N2O.ClH/c23-20(22-13-11-17-10-12-21-15-17)19-9-5-4-8-18(19)14-16-6-2-1-3-7-16;/h1-9,17,21H,10-15H2,(H,22,23);1H. The van der Waals surface area contributed by atoms with E-state index >= 15 is 0 Å². The van der Waals surface area contributed by atoms with Crippen LogP contribution in [0.15, 0.2) is 54.6 Å². The van der Waals surface area contributed by atoms with Crippen LogP contribution >= 0.6 is 12.4 Å². The third-order valence-electron chi connectivity index (χ3n) is 4.50. The summed E-state index contributed by atoms with van der Waals surface area (Å²) in [5, 5.41) is 6.45. The Bertz CT molecular complexity index is 639. The smallest absolute Gasteiger partial charge is 0.251 e. The van der Waals surface area contributed by atoms with E-state index in [1.807, 2.05) is 42.5 Å². The van der Waals surface area contributed by atoms with E-state index in [0.717, 1.165) is 43.6 Å². The summed E-state index contributed by atoms with van der Waals surface area (Å²) in [6, 6.07) is 18.2. The van der Waals surface area contributed by atoms with Crippen molar-refractivity contribution in [3.05, 3.63) is 71.3 Å². The van der Waals surface area contributed by atoms with Crippen molar-refractivity contribution in [3.8, 4) is 0 Å². The molecule has 24 heavy (non-hydrogen) atoms. The SMILES string of the molecule is Cl.O=C(NCCC1CCNC1)c1ccccc1Cc1ccccc1. The molecule has 3 rings (SSSR count). The molecule has 0 bridgehead atoms. The van der Waals surface area contributed by atoms with Gasteiger partial charge in [-0.2, -0.15) is 0 Å². The molecule has 0 aliphatic carbocycles. The van der Waals surface area contributed by atoms with E-state index in [1.54, 1.807) is 0 Å². The second kappa shape index (κ2) is 9.45. The molecule has 1 aliphatic heterocycles. The Labute approximate surface area is 150 Å². The van der Waals surface area contributed by atoms with Gasteiger partial charge in [0.1, 0.15) is 0 Å². The Morgan fingerprint density at radius 3 is 2.58 bits per heavy atom. The van der Waals surface area contributed by atoms with Crippen molar-refractivity contribution in [1.82, 2.24) is 10.6 Å². The summed E-state index contributed by atoms with van der Waals surface area (Å²) in [5.41, 5.74) is 3.10. The van der Waals surface area contributed by atoms with Crippen LogP contribution in [0.25, 0.3) is 0 Å². The molecule has 1 amide bonds. The lowest BCUT2D eigenvalue weighted by molar-refractivity contribution is 0.0951. The molecular formula is C20H25ClN2O. The molecule has 0 aromatic heterocycles. The van der Waals surface area contributed by atoms with Crippen molar-refractivity contribution < 1.29 is 4.79 Å². The van der Waals surface area contributed by atoms with Crippen molar-refractivity contribution in [1.29, 1.82) is 0 Å². The summed E-state index contributed by atoms with van der Waals surface area (Å²) < 4.78 is 0.